The second-order valence-corrected chi connectivity index (χ2v) is 6.02. The lowest BCUT2D eigenvalue weighted by molar-refractivity contribution is 0.0958. The molecule has 2 aromatic heterocycles. The Kier molecular flexibility index (Phi) is 3.96. The Morgan fingerprint density at radius 2 is 2.35 bits per heavy atom. The molecule has 0 bridgehead atoms. The number of halogens is 1. The van der Waals surface area contributed by atoms with Crippen molar-refractivity contribution in [3.63, 3.8) is 0 Å². The zero-order valence-corrected chi connectivity index (χ0v) is 11.7. The van der Waals surface area contributed by atoms with Crippen LogP contribution in [0, 0.1) is 0 Å². The van der Waals surface area contributed by atoms with Gasteiger partial charge in [-0.15, -0.1) is 11.3 Å². The van der Waals surface area contributed by atoms with Crippen molar-refractivity contribution in [3.05, 3.63) is 38.8 Å². The van der Waals surface area contributed by atoms with E-state index < -0.39 is 0 Å². The van der Waals surface area contributed by atoms with Gasteiger partial charge in [-0.2, -0.15) is 5.10 Å². The summed E-state index contributed by atoms with van der Waals surface area (Å²) in [5.74, 6) is -0.0251. The van der Waals surface area contributed by atoms with Crippen molar-refractivity contribution in [1.29, 1.82) is 0 Å². The molecule has 0 aromatic carbocycles. The van der Waals surface area contributed by atoms with Crippen LogP contribution in [0.25, 0.3) is 0 Å². The summed E-state index contributed by atoms with van der Waals surface area (Å²) in [5, 5.41) is 6.96. The minimum absolute atomic E-state index is 0.0251. The minimum atomic E-state index is -0.0251. The van der Waals surface area contributed by atoms with Gasteiger partial charge in [-0.1, -0.05) is 0 Å². The molecule has 1 amide bonds. The van der Waals surface area contributed by atoms with Gasteiger partial charge in [0.2, 0.25) is 0 Å². The largest absolute Gasteiger partial charge is 0.351 e. The predicted molar refractivity (Wildman–Crippen MR) is 71.3 cm³/mol. The molecular weight excluding hydrogens is 302 g/mol. The van der Waals surface area contributed by atoms with Crippen LogP contribution in [0.4, 0.5) is 0 Å². The van der Waals surface area contributed by atoms with E-state index in [-0.39, 0.29) is 5.91 Å². The number of hydrogen-bond donors (Lipinski definition) is 1. The van der Waals surface area contributed by atoms with Crippen molar-refractivity contribution in [2.24, 2.45) is 7.05 Å². The number of thiophene rings is 1. The molecular formula is C11H12BrN3OS. The highest BCUT2D eigenvalue weighted by atomic mass is 79.9. The van der Waals surface area contributed by atoms with Crippen molar-refractivity contribution in [2.45, 2.75) is 6.42 Å². The fourth-order valence-corrected chi connectivity index (χ4v) is 2.78. The number of carbonyl (C=O) groups excluding carboxylic acids is 1. The first-order chi connectivity index (χ1) is 8.16. The first-order valence-electron chi connectivity index (χ1n) is 5.17. The van der Waals surface area contributed by atoms with Gasteiger partial charge in [0, 0.05) is 31.9 Å². The smallest absolute Gasteiger partial charge is 0.261 e. The zero-order chi connectivity index (χ0) is 12.3. The van der Waals surface area contributed by atoms with E-state index in [0.29, 0.717) is 6.54 Å². The van der Waals surface area contributed by atoms with Gasteiger partial charge >= 0.3 is 0 Å². The van der Waals surface area contributed by atoms with Crippen LogP contribution in [0.5, 0.6) is 0 Å². The Labute approximate surface area is 112 Å². The third kappa shape index (κ3) is 3.17. The van der Waals surface area contributed by atoms with E-state index in [0.717, 1.165) is 20.8 Å². The second kappa shape index (κ2) is 5.46. The zero-order valence-electron chi connectivity index (χ0n) is 9.31. The molecule has 17 heavy (non-hydrogen) atoms. The normalized spacial score (nSPS) is 10.5. The average Bonchev–Trinajstić information content (AvgIpc) is 2.88. The van der Waals surface area contributed by atoms with Crippen LogP contribution in [-0.2, 0) is 13.5 Å². The third-order valence-electron chi connectivity index (χ3n) is 2.39. The number of nitrogens with one attached hydrogen (secondary N) is 1. The van der Waals surface area contributed by atoms with E-state index in [4.69, 9.17) is 0 Å². The fraction of sp³-hybridized carbons (Fsp3) is 0.273. The molecule has 0 radical (unpaired) electrons. The van der Waals surface area contributed by atoms with Gasteiger partial charge < -0.3 is 5.32 Å². The molecule has 0 saturated carbocycles. The van der Waals surface area contributed by atoms with Gasteiger partial charge in [0.25, 0.3) is 5.91 Å². The van der Waals surface area contributed by atoms with E-state index in [1.54, 1.807) is 6.20 Å². The Hall–Kier alpha value is -1.14. The topological polar surface area (TPSA) is 46.9 Å². The summed E-state index contributed by atoms with van der Waals surface area (Å²) < 4.78 is 2.78. The van der Waals surface area contributed by atoms with E-state index in [9.17, 15) is 4.79 Å². The summed E-state index contributed by atoms with van der Waals surface area (Å²) in [5.41, 5.74) is 1.11. The van der Waals surface area contributed by atoms with Crippen LogP contribution < -0.4 is 5.32 Å². The molecule has 0 spiro atoms. The lowest BCUT2D eigenvalue weighted by Gasteiger charge is -2.03. The quantitative estimate of drug-likeness (QED) is 0.940. The number of hydrogen-bond acceptors (Lipinski definition) is 3. The number of aryl methyl sites for hydroxylation is 1. The van der Waals surface area contributed by atoms with Crippen molar-refractivity contribution in [1.82, 2.24) is 15.1 Å². The highest BCUT2D eigenvalue weighted by molar-refractivity contribution is 9.11. The molecule has 0 unspecified atom stereocenters. The molecule has 1 N–H and O–H groups in total. The molecule has 0 aliphatic heterocycles. The molecule has 2 rings (SSSR count). The molecule has 6 heteroatoms. The number of nitrogens with zero attached hydrogens (tertiary/aromatic N) is 2. The molecule has 0 atom stereocenters. The number of rotatable bonds is 4. The van der Waals surface area contributed by atoms with Crippen LogP contribution in [0.15, 0.2) is 28.2 Å². The Balaban J connectivity index is 1.83. The van der Waals surface area contributed by atoms with Gasteiger partial charge in [0.1, 0.15) is 0 Å². The van der Waals surface area contributed by atoms with Crippen molar-refractivity contribution >= 4 is 33.2 Å². The van der Waals surface area contributed by atoms with Gasteiger partial charge in [-0.05, 0) is 34.1 Å². The molecule has 0 fully saturated rings. The fourth-order valence-electron chi connectivity index (χ4n) is 1.47. The monoisotopic (exact) mass is 313 g/mol. The third-order valence-corrected chi connectivity index (χ3v) is 4.01. The van der Waals surface area contributed by atoms with Gasteiger partial charge in [-0.3, -0.25) is 9.48 Å². The number of carbonyl (C=O) groups is 1. The molecule has 4 nitrogen and oxygen atoms in total. The summed E-state index contributed by atoms with van der Waals surface area (Å²) in [6.07, 6.45) is 2.54. The molecule has 0 saturated heterocycles. The molecule has 0 aliphatic carbocycles. The standard InChI is InChI=1S/C11H12BrN3OS/c1-15-8(5-7-14-15)4-6-13-11(16)9-2-3-10(12)17-9/h2-3,5,7H,4,6H2,1H3,(H,13,16). The molecule has 2 aromatic rings. The van der Waals surface area contributed by atoms with E-state index >= 15 is 0 Å². The first-order valence-corrected chi connectivity index (χ1v) is 6.78. The lowest BCUT2D eigenvalue weighted by atomic mass is 10.3. The average molecular weight is 314 g/mol. The van der Waals surface area contributed by atoms with E-state index in [1.165, 1.54) is 11.3 Å². The SMILES string of the molecule is Cn1nccc1CCNC(=O)c1ccc(Br)s1. The van der Waals surface area contributed by atoms with Gasteiger partial charge in [0.05, 0.1) is 8.66 Å². The summed E-state index contributed by atoms with van der Waals surface area (Å²) in [6, 6.07) is 5.64. The van der Waals surface area contributed by atoms with Crippen LogP contribution in [0.2, 0.25) is 0 Å². The molecule has 2 heterocycles. The van der Waals surface area contributed by atoms with E-state index in [1.807, 2.05) is 29.9 Å². The van der Waals surface area contributed by atoms with Crippen molar-refractivity contribution in [3.8, 4) is 0 Å². The molecule has 0 aliphatic rings. The van der Waals surface area contributed by atoms with Crippen LogP contribution in [0.1, 0.15) is 15.4 Å². The van der Waals surface area contributed by atoms with Crippen LogP contribution in [-0.4, -0.2) is 22.2 Å². The maximum atomic E-state index is 11.7. The first kappa shape index (κ1) is 12.3. The number of aromatic nitrogens is 2. The highest BCUT2D eigenvalue weighted by Crippen LogP contribution is 2.21. The number of amides is 1. The van der Waals surface area contributed by atoms with Crippen LogP contribution >= 0.6 is 27.3 Å². The van der Waals surface area contributed by atoms with E-state index in [2.05, 4.69) is 26.3 Å². The van der Waals surface area contributed by atoms with Crippen LogP contribution in [0.3, 0.4) is 0 Å². The summed E-state index contributed by atoms with van der Waals surface area (Å²) in [7, 11) is 1.90. The van der Waals surface area contributed by atoms with Gasteiger partial charge in [0.15, 0.2) is 0 Å². The second-order valence-electron chi connectivity index (χ2n) is 3.56. The molecule has 90 valence electrons. The highest BCUT2D eigenvalue weighted by Gasteiger charge is 2.07. The Morgan fingerprint density at radius 1 is 1.53 bits per heavy atom. The lowest BCUT2D eigenvalue weighted by Crippen LogP contribution is -2.25. The van der Waals surface area contributed by atoms with Gasteiger partial charge in [-0.25, -0.2) is 0 Å². The van der Waals surface area contributed by atoms with Crippen molar-refractivity contribution < 1.29 is 4.79 Å². The maximum Gasteiger partial charge on any atom is 0.261 e. The summed E-state index contributed by atoms with van der Waals surface area (Å²) in [6.45, 7) is 0.619. The van der Waals surface area contributed by atoms with Crippen molar-refractivity contribution in [2.75, 3.05) is 6.54 Å². The Morgan fingerprint density at radius 3 is 2.94 bits per heavy atom. The summed E-state index contributed by atoms with van der Waals surface area (Å²) in [4.78, 5) is 12.5. The minimum Gasteiger partial charge on any atom is -0.351 e. The maximum absolute atomic E-state index is 11.7. The predicted octanol–water partition coefficient (Wildman–Crippen LogP) is 2.22. The summed E-state index contributed by atoms with van der Waals surface area (Å²) >= 11 is 4.77. The Bertz CT molecular complexity index is 520.